The lowest BCUT2D eigenvalue weighted by molar-refractivity contribution is -0.135. The van der Waals surface area contributed by atoms with Crippen molar-refractivity contribution in [2.45, 2.75) is 0 Å². The summed E-state index contributed by atoms with van der Waals surface area (Å²) >= 11 is 3.26. The Bertz CT molecular complexity index is 593. The highest BCUT2D eigenvalue weighted by Crippen LogP contribution is 2.33. The van der Waals surface area contributed by atoms with Crippen LogP contribution in [0.4, 0.5) is 0 Å². The molecule has 106 valence electrons. The minimum absolute atomic E-state index is 0.0461. The van der Waals surface area contributed by atoms with Crippen molar-refractivity contribution in [2.24, 2.45) is 0 Å². The average Bonchev–Trinajstić information content (AvgIpc) is 2.83. The first-order chi connectivity index (χ1) is 9.55. The summed E-state index contributed by atoms with van der Waals surface area (Å²) in [5.74, 6) is -0.104. The van der Waals surface area contributed by atoms with E-state index in [1.54, 1.807) is 6.07 Å². The number of carbonyl (C=O) groups excluding carboxylic acids is 2. The van der Waals surface area contributed by atoms with E-state index in [0.29, 0.717) is 16.0 Å². The first kappa shape index (κ1) is 14.4. The van der Waals surface area contributed by atoms with Gasteiger partial charge in [0.05, 0.1) is 25.9 Å². The van der Waals surface area contributed by atoms with E-state index in [9.17, 15) is 9.59 Å². The van der Waals surface area contributed by atoms with Crippen LogP contribution in [0.3, 0.4) is 0 Å². The van der Waals surface area contributed by atoms with Crippen LogP contribution in [0.5, 0.6) is 11.5 Å². The first-order valence-electron chi connectivity index (χ1n) is 5.56. The van der Waals surface area contributed by atoms with Gasteiger partial charge in [0.15, 0.2) is 17.3 Å². The highest BCUT2D eigenvalue weighted by molar-refractivity contribution is 9.10. The van der Waals surface area contributed by atoms with Gasteiger partial charge >= 0.3 is 11.9 Å². The van der Waals surface area contributed by atoms with Crippen molar-refractivity contribution in [1.82, 2.24) is 0 Å². The molecule has 0 aliphatic carbocycles. The Hall–Kier alpha value is -2.02. The van der Waals surface area contributed by atoms with Gasteiger partial charge in [0, 0.05) is 4.47 Å². The van der Waals surface area contributed by atoms with Crippen LogP contribution in [0.1, 0.15) is 10.4 Å². The Morgan fingerprint density at radius 1 is 1.25 bits per heavy atom. The van der Waals surface area contributed by atoms with Gasteiger partial charge in [-0.05, 0) is 28.1 Å². The number of ether oxygens (including phenoxy) is 4. The number of cyclic esters (lactones) is 1. The van der Waals surface area contributed by atoms with Crippen LogP contribution < -0.4 is 9.47 Å². The summed E-state index contributed by atoms with van der Waals surface area (Å²) in [7, 11) is 2.96. The van der Waals surface area contributed by atoms with Crippen molar-refractivity contribution in [1.29, 1.82) is 0 Å². The van der Waals surface area contributed by atoms with Gasteiger partial charge < -0.3 is 18.9 Å². The Morgan fingerprint density at radius 2 is 1.90 bits per heavy atom. The normalized spacial score (nSPS) is 13.6. The molecule has 1 aliphatic heterocycles. The molecule has 0 saturated heterocycles. The van der Waals surface area contributed by atoms with Crippen molar-refractivity contribution in [3.63, 3.8) is 0 Å². The number of benzene rings is 1. The minimum atomic E-state index is -0.623. The molecule has 7 heteroatoms. The number of halogens is 1. The lowest BCUT2D eigenvalue weighted by Gasteiger charge is -2.11. The van der Waals surface area contributed by atoms with E-state index in [4.69, 9.17) is 14.2 Å². The zero-order valence-electron chi connectivity index (χ0n) is 10.8. The summed E-state index contributed by atoms with van der Waals surface area (Å²) in [6, 6.07) is 3.09. The van der Waals surface area contributed by atoms with Gasteiger partial charge in [-0.25, -0.2) is 9.59 Å². The molecule has 0 atom stereocenters. The largest absolute Gasteiger partial charge is 0.493 e. The van der Waals surface area contributed by atoms with Crippen LogP contribution in [0, 0.1) is 0 Å². The van der Waals surface area contributed by atoms with Crippen molar-refractivity contribution in [3.05, 3.63) is 34.0 Å². The molecule has 0 fully saturated rings. The zero-order chi connectivity index (χ0) is 14.7. The fourth-order valence-electron chi connectivity index (χ4n) is 1.60. The van der Waals surface area contributed by atoms with E-state index in [2.05, 4.69) is 20.7 Å². The molecule has 0 saturated carbocycles. The number of hydrogen-bond donors (Lipinski definition) is 0. The van der Waals surface area contributed by atoms with E-state index in [-0.39, 0.29) is 17.9 Å². The summed E-state index contributed by atoms with van der Waals surface area (Å²) in [6.07, 6.45) is 1.13. The highest BCUT2D eigenvalue weighted by Gasteiger charge is 2.21. The Balaban J connectivity index is 2.25. The van der Waals surface area contributed by atoms with Gasteiger partial charge in [-0.3, -0.25) is 0 Å². The predicted octanol–water partition coefficient (Wildman–Crippen LogP) is 2.06. The topological polar surface area (TPSA) is 71.1 Å². The van der Waals surface area contributed by atoms with Crippen LogP contribution >= 0.6 is 15.9 Å². The lowest BCUT2D eigenvalue weighted by atomic mass is 10.2. The molecule has 20 heavy (non-hydrogen) atoms. The highest BCUT2D eigenvalue weighted by atomic mass is 79.9. The third-order valence-corrected chi connectivity index (χ3v) is 3.21. The Labute approximate surface area is 123 Å². The number of rotatable bonds is 4. The smallest absolute Gasteiger partial charge is 0.344 e. The number of esters is 2. The maximum Gasteiger partial charge on any atom is 0.344 e. The first-order valence-corrected chi connectivity index (χ1v) is 6.35. The number of methoxy groups -OCH3 is 2. The molecular formula is C13H11BrO6. The second-order valence-corrected chi connectivity index (χ2v) is 4.65. The predicted molar refractivity (Wildman–Crippen MR) is 71.7 cm³/mol. The maximum atomic E-state index is 12.0. The molecule has 2 rings (SSSR count). The molecule has 1 aliphatic rings. The monoisotopic (exact) mass is 342 g/mol. The van der Waals surface area contributed by atoms with Gasteiger partial charge in [0.25, 0.3) is 0 Å². The van der Waals surface area contributed by atoms with E-state index >= 15 is 0 Å². The third kappa shape index (κ3) is 2.93. The molecule has 1 heterocycles. The molecule has 1 aromatic rings. The second-order valence-electron chi connectivity index (χ2n) is 3.79. The van der Waals surface area contributed by atoms with E-state index in [1.165, 1.54) is 20.3 Å². The molecule has 0 bridgehead atoms. The van der Waals surface area contributed by atoms with Gasteiger partial charge in [0.2, 0.25) is 0 Å². The van der Waals surface area contributed by atoms with Crippen molar-refractivity contribution < 1.29 is 28.5 Å². The molecular weight excluding hydrogens is 332 g/mol. The maximum absolute atomic E-state index is 12.0. The SMILES string of the molecule is COc1cc(Br)c(C(=O)OC2=CC(=O)OC2)cc1OC. The molecule has 0 amide bonds. The van der Waals surface area contributed by atoms with Crippen LogP contribution in [0.25, 0.3) is 0 Å². The van der Waals surface area contributed by atoms with Crippen molar-refractivity contribution >= 4 is 27.9 Å². The molecule has 0 spiro atoms. The van der Waals surface area contributed by atoms with Crippen LogP contribution in [-0.4, -0.2) is 32.8 Å². The van der Waals surface area contributed by atoms with Gasteiger partial charge in [-0.15, -0.1) is 0 Å². The molecule has 0 unspecified atom stereocenters. The van der Waals surface area contributed by atoms with Crippen LogP contribution in [-0.2, 0) is 14.3 Å². The fourth-order valence-corrected chi connectivity index (χ4v) is 2.08. The zero-order valence-corrected chi connectivity index (χ0v) is 12.4. The number of carbonyl (C=O) groups is 2. The average molecular weight is 343 g/mol. The van der Waals surface area contributed by atoms with Crippen molar-refractivity contribution in [2.75, 3.05) is 20.8 Å². The van der Waals surface area contributed by atoms with Crippen LogP contribution in [0.15, 0.2) is 28.4 Å². The summed E-state index contributed by atoms with van der Waals surface area (Å²) < 4.78 is 20.5. The lowest BCUT2D eigenvalue weighted by Crippen LogP contribution is -2.07. The number of hydrogen-bond acceptors (Lipinski definition) is 6. The molecule has 1 aromatic carbocycles. The summed E-state index contributed by atoms with van der Waals surface area (Å²) in [5.41, 5.74) is 0.253. The molecule has 0 aromatic heterocycles. The Kier molecular flexibility index (Phi) is 4.29. The molecule has 6 nitrogen and oxygen atoms in total. The quantitative estimate of drug-likeness (QED) is 0.780. The van der Waals surface area contributed by atoms with E-state index in [0.717, 1.165) is 6.08 Å². The van der Waals surface area contributed by atoms with Gasteiger partial charge in [0.1, 0.15) is 6.61 Å². The standard InChI is InChI=1S/C13H11BrO6/c1-17-10-4-8(9(14)5-11(10)18-2)13(16)20-7-3-12(15)19-6-7/h3-5H,6H2,1-2H3. The fraction of sp³-hybridized carbons (Fsp3) is 0.231. The van der Waals surface area contributed by atoms with Gasteiger partial charge in [-0.1, -0.05) is 0 Å². The summed E-state index contributed by atoms with van der Waals surface area (Å²) in [5, 5.41) is 0. The Morgan fingerprint density at radius 3 is 2.45 bits per heavy atom. The van der Waals surface area contributed by atoms with Crippen molar-refractivity contribution in [3.8, 4) is 11.5 Å². The second kappa shape index (κ2) is 5.96. The van der Waals surface area contributed by atoms with E-state index in [1.807, 2.05) is 0 Å². The molecule has 0 radical (unpaired) electrons. The minimum Gasteiger partial charge on any atom is -0.493 e. The van der Waals surface area contributed by atoms with E-state index < -0.39 is 11.9 Å². The summed E-state index contributed by atoms with van der Waals surface area (Å²) in [6.45, 7) is -0.0461. The van der Waals surface area contributed by atoms with Gasteiger partial charge in [-0.2, -0.15) is 0 Å². The third-order valence-electron chi connectivity index (χ3n) is 2.55. The van der Waals surface area contributed by atoms with Crippen LogP contribution in [0.2, 0.25) is 0 Å². The summed E-state index contributed by atoms with van der Waals surface area (Å²) in [4.78, 5) is 22.9. The molecule has 0 N–H and O–H groups in total.